The van der Waals surface area contributed by atoms with Crippen LogP contribution >= 0.6 is 12.4 Å². The molecule has 1 heterocycles. The Morgan fingerprint density at radius 3 is 2.91 bits per heavy atom. The van der Waals surface area contributed by atoms with E-state index in [0.29, 0.717) is 12.5 Å². The van der Waals surface area contributed by atoms with Gasteiger partial charge in [-0.05, 0) is 50.4 Å². The Hall–Kier alpha value is -1.73. The number of nitro benzene ring substituents is 1. The van der Waals surface area contributed by atoms with Gasteiger partial charge in [0.2, 0.25) is 0 Å². The molecule has 1 atom stereocenters. The Morgan fingerprint density at radius 2 is 2.27 bits per heavy atom. The monoisotopic (exact) mass is 331 g/mol. The molecule has 1 aromatic carbocycles. The number of nitro groups is 1. The summed E-state index contributed by atoms with van der Waals surface area (Å²) in [5, 5.41) is 16.8. The zero-order valence-corrected chi connectivity index (χ0v) is 12.8. The van der Waals surface area contributed by atoms with Crippen LogP contribution in [0.3, 0.4) is 0 Å². The third-order valence-electron chi connectivity index (χ3n) is 3.64. The highest BCUT2D eigenvalue weighted by molar-refractivity contribution is 5.98. The normalized spacial score (nSPS) is 17.4. The Labute approximate surface area is 134 Å². The quantitative estimate of drug-likeness (QED) is 0.640. The summed E-state index contributed by atoms with van der Waals surface area (Å²) in [5.41, 5.74) is -0.616. The highest BCUT2D eigenvalue weighted by Gasteiger charge is 2.21. The second-order valence-corrected chi connectivity index (χ2v) is 5.18. The van der Waals surface area contributed by atoms with Gasteiger partial charge in [-0.2, -0.15) is 0 Å². The van der Waals surface area contributed by atoms with Crippen molar-refractivity contribution in [2.24, 2.45) is 5.92 Å². The summed E-state index contributed by atoms with van der Waals surface area (Å²) in [5.74, 6) is -0.770. The van der Waals surface area contributed by atoms with E-state index in [2.05, 4.69) is 10.6 Å². The topological polar surface area (TPSA) is 84.3 Å². The number of carbonyl (C=O) groups excluding carboxylic acids is 1. The molecule has 1 aliphatic rings. The van der Waals surface area contributed by atoms with E-state index in [1.807, 2.05) is 0 Å². The highest BCUT2D eigenvalue weighted by atomic mass is 35.5. The summed E-state index contributed by atoms with van der Waals surface area (Å²) in [6, 6.07) is 2.88. The lowest BCUT2D eigenvalue weighted by Gasteiger charge is -2.22. The van der Waals surface area contributed by atoms with Crippen molar-refractivity contribution in [2.75, 3.05) is 19.6 Å². The van der Waals surface area contributed by atoms with E-state index in [1.165, 1.54) is 0 Å². The highest BCUT2D eigenvalue weighted by Crippen LogP contribution is 2.19. The van der Waals surface area contributed by atoms with Gasteiger partial charge in [-0.15, -0.1) is 12.4 Å². The summed E-state index contributed by atoms with van der Waals surface area (Å²) in [4.78, 5) is 22.1. The van der Waals surface area contributed by atoms with Crippen LogP contribution in [0.15, 0.2) is 18.2 Å². The lowest BCUT2D eigenvalue weighted by atomic mass is 9.96. The molecule has 122 valence electrons. The molecule has 0 bridgehead atoms. The van der Waals surface area contributed by atoms with Gasteiger partial charge in [-0.1, -0.05) is 0 Å². The predicted octanol–water partition coefficient (Wildman–Crippen LogP) is 2.28. The van der Waals surface area contributed by atoms with Gasteiger partial charge in [-0.25, -0.2) is 4.39 Å². The van der Waals surface area contributed by atoms with Gasteiger partial charge < -0.3 is 10.6 Å². The number of amides is 1. The molecule has 8 heteroatoms. The van der Waals surface area contributed by atoms with Crippen LogP contribution in [0.4, 0.5) is 10.1 Å². The maximum Gasteiger partial charge on any atom is 0.282 e. The van der Waals surface area contributed by atoms with Gasteiger partial charge in [0.25, 0.3) is 11.6 Å². The van der Waals surface area contributed by atoms with Crippen LogP contribution in [-0.4, -0.2) is 30.5 Å². The lowest BCUT2D eigenvalue weighted by Crippen LogP contribution is -2.33. The minimum atomic E-state index is -0.681. The van der Waals surface area contributed by atoms with Crippen molar-refractivity contribution in [3.63, 3.8) is 0 Å². The molecule has 2 N–H and O–H groups in total. The first-order valence-corrected chi connectivity index (χ1v) is 7.01. The fourth-order valence-electron chi connectivity index (χ4n) is 2.50. The Balaban J connectivity index is 0.00000242. The van der Waals surface area contributed by atoms with E-state index in [0.717, 1.165) is 50.6 Å². The number of nitrogens with zero attached hydrogens (tertiary/aromatic N) is 1. The Kier molecular flexibility index (Phi) is 7.20. The van der Waals surface area contributed by atoms with Crippen molar-refractivity contribution in [1.82, 2.24) is 10.6 Å². The molecule has 1 unspecified atom stereocenters. The second kappa shape index (κ2) is 8.65. The molecule has 0 aliphatic carbocycles. The van der Waals surface area contributed by atoms with Crippen molar-refractivity contribution in [1.29, 1.82) is 0 Å². The van der Waals surface area contributed by atoms with Gasteiger partial charge in [0.05, 0.1) is 4.92 Å². The molecule has 0 aromatic heterocycles. The van der Waals surface area contributed by atoms with E-state index in [-0.39, 0.29) is 23.7 Å². The SMILES string of the molecule is Cl.O=C(NCCC1CCCNC1)c1cc(F)ccc1[N+](=O)[O-]. The molecule has 1 fully saturated rings. The van der Waals surface area contributed by atoms with Crippen molar-refractivity contribution >= 4 is 24.0 Å². The first-order valence-electron chi connectivity index (χ1n) is 7.01. The van der Waals surface area contributed by atoms with Gasteiger partial charge in [0.15, 0.2) is 0 Å². The smallest absolute Gasteiger partial charge is 0.282 e. The number of halogens is 2. The van der Waals surface area contributed by atoms with Crippen molar-refractivity contribution in [2.45, 2.75) is 19.3 Å². The maximum absolute atomic E-state index is 13.2. The summed E-state index contributed by atoms with van der Waals surface area (Å²) in [7, 11) is 0. The number of hydrogen-bond donors (Lipinski definition) is 2. The van der Waals surface area contributed by atoms with E-state index in [9.17, 15) is 19.3 Å². The Morgan fingerprint density at radius 1 is 1.50 bits per heavy atom. The van der Waals surface area contributed by atoms with Crippen LogP contribution in [0.25, 0.3) is 0 Å². The van der Waals surface area contributed by atoms with E-state index >= 15 is 0 Å². The summed E-state index contributed by atoms with van der Waals surface area (Å²) >= 11 is 0. The standard InChI is InChI=1S/C14H18FN3O3.ClH/c15-11-3-4-13(18(20)21)12(8-11)14(19)17-7-5-10-2-1-6-16-9-10;/h3-4,8,10,16H,1-2,5-7,9H2,(H,17,19);1H. The second-order valence-electron chi connectivity index (χ2n) is 5.18. The number of rotatable bonds is 5. The van der Waals surface area contributed by atoms with Gasteiger partial charge >= 0.3 is 0 Å². The first-order chi connectivity index (χ1) is 10.1. The van der Waals surface area contributed by atoms with Crippen LogP contribution in [0.2, 0.25) is 0 Å². The van der Waals surface area contributed by atoms with Crippen LogP contribution in [0.5, 0.6) is 0 Å². The molecule has 6 nitrogen and oxygen atoms in total. The predicted molar refractivity (Wildman–Crippen MR) is 82.8 cm³/mol. The molecule has 1 aliphatic heterocycles. The van der Waals surface area contributed by atoms with E-state index in [4.69, 9.17) is 0 Å². The summed E-state index contributed by atoms with van der Waals surface area (Å²) in [6.07, 6.45) is 3.04. The van der Waals surface area contributed by atoms with Gasteiger partial charge in [0, 0.05) is 12.6 Å². The average Bonchev–Trinajstić information content (AvgIpc) is 2.47. The largest absolute Gasteiger partial charge is 0.352 e. The van der Waals surface area contributed by atoms with Crippen LogP contribution in [-0.2, 0) is 0 Å². The third kappa shape index (κ3) is 4.92. The molecule has 0 radical (unpaired) electrons. The molecule has 2 rings (SSSR count). The first kappa shape index (κ1) is 18.3. The zero-order valence-electron chi connectivity index (χ0n) is 12.0. The molecule has 1 amide bonds. The fourth-order valence-corrected chi connectivity index (χ4v) is 2.50. The lowest BCUT2D eigenvalue weighted by molar-refractivity contribution is -0.385. The van der Waals surface area contributed by atoms with E-state index in [1.54, 1.807) is 0 Å². The molecular formula is C14H19ClFN3O3. The molecule has 0 spiro atoms. The minimum absolute atomic E-state index is 0. The number of piperidine rings is 1. The van der Waals surface area contributed by atoms with Crippen molar-refractivity contribution < 1.29 is 14.1 Å². The van der Waals surface area contributed by atoms with Crippen LogP contribution in [0.1, 0.15) is 29.6 Å². The van der Waals surface area contributed by atoms with Crippen molar-refractivity contribution in [3.05, 3.63) is 39.7 Å². The number of hydrogen-bond acceptors (Lipinski definition) is 4. The van der Waals surface area contributed by atoms with Crippen LogP contribution in [0, 0.1) is 21.8 Å². The minimum Gasteiger partial charge on any atom is -0.352 e. The van der Waals surface area contributed by atoms with Gasteiger partial charge in [-0.3, -0.25) is 14.9 Å². The van der Waals surface area contributed by atoms with Crippen LogP contribution < -0.4 is 10.6 Å². The molecule has 1 aromatic rings. The summed E-state index contributed by atoms with van der Waals surface area (Å²) < 4.78 is 13.2. The number of carbonyl (C=O) groups is 1. The molecule has 0 saturated carbocycles. The average molecular weight is 332 g/mol. The summed E-state index contributed by atoms with van der Waals surface area (Å²) in [6.45, 7) is 2.38. The van der Waals surface area contributed by atoms with Gasteiger partial charge in [0.1, 0.15) is 11.4 Å². The third-order valence-corrected chi connectivity index (χ3v) is 3.64. The molecular weight excluding hydrogens is 313 g/mol. The number of benzene rings is 1. The molecule has 22 heavy (non-hydrogen) atoms. The Bertz CT molecular complexity index is 536. The molecule has 1 saturated heterocycles. The zero-order chi connectivity index (χ0) is 15.2. The maximum atomic E-state index is 13.2. The van der Waals surface area contributed by atoms with E-state index < -0.39 is 16.6 Å². The van der Waals surface area contributed by atoms with Crippen molar-refractivity contribution in [3.8, 4) is 0 Å². The fraction of sp³-hybridized carbons (Fsp3) is 0.500. The number of nitrogens with one attached hydrogen (secondary N) is 2.